The van der Waals surface area contributed by atoms with Gasteiger partial charge in [-0.1, -0.05) is 37.3 Å². The molecule has 0 heterocycles. The second-order valence-electron chi connectivity index (χ2n) is 4.93. The Morgan fingerprint density at radius 2 is 1.77 bits per heavy atom. The quantitative estimate of drug-likeness (QED) is 0.749. The van der Waals surface area contributed by atoms with Crippen LogP contribution < -0.4 is 9.64 Å². The van der Waals surface area contributed by atoms with Gasteiger partial charge in [0.15, 0.2) is 0 Å². The molecule has 0 saturated heterocycles. The van der Waals surface area contributed by atoms with Crippen molar-refractivity contribution in [2.24, 2.45) is 0 Å². The second-order valence-corrected chi connectivity index (χ2v) is 4.93. The molecule has 3 nitrogen and oxygen atoms in total. The summed E-state index contributed by atoms with van der Waals surface area (Å²) in [6.45, 7) is 2.77. The minimum Gasteiger partial charge on any atom is -0.497 e. The van der Waals surface area contributed by atoms with Gasteiger partial charge >= 0.3 is 0 Å². The van der Waals surface area contributed by atoms with E-state index in [9.17, 15) is 4.79 Å². The number of methoxy groups -OCH3 is 1. The topological polar surface area (TPSA) is 29.5 Å². The Labute approximate surface area is 131 Å². The number of nitrogens with zero attached hydrogens (tertiary/aromatic N) is 1. The van der Waals surface area contributed by atoms with Crippen molar-refractivity contribution in [3.63, 3.8) is 0 Å². The molecule has 0 atom stereocenters. The van der Waals surface area contributed by atoms with Crippen LogP contribution in [-0.4, -0.2) is 19.6 Å². The smallest absolute Gasteiger partial charge is 0.250 e. The van der Waals surface area contributed by atoms with Gasteiger partial charge in [0.05, 0.1) is 7.11 Å². The van der Waals surface area contributed by atoms with Gasteiger partial charge in [-0.3, -0.25) is 4.79 Å². The number of hydrogen-bond donors (Lipinski definition) is 0. The van der Waals surface area contributed by atoms with Gasteiger partial charge in [0.1, 0.15) is 5.75 Å². The first kappa shape index (κ1) is 15.8. The number of benzene rings is 2. The van der Waals surface area contributed by atoms with Crippen LogP contribution in [0, 0.1) is 0 Å². The fourth-order valence-electron chi connectivity index (χ4n) is 2.17. The Hall–Kier alpha value is -2.55. The molecule has 0 bridgehead atoms. The van der Waals surface area contributed by atoms with Gasteiger partial charge in [-0.15, -0.1) is 0 Å². The highest BCUT2D eigenvalue weighted by Crippen LogP contribution is 2.16. The first-order chi connectivity index (χ1) is 10.7. The average molecular weight is 295 g/mol. The van der Waals surface area contributed by atoms with Gasteiger partial charge in [0.25, 0.3) is 5.91 Å². The lowest BCUT2D eigenvalue weighted by molar-refractivity contribution is -0.114. The van der Waals surface area contributed by atoms with Crippen LogP contribution in [0.3, 0.4) is 0 Å². The van der Waals surface area contributed by atoms with Crippen LogP contribution in [0.2, 0.25) is 0 Å². The Balaban J connectivity index is 2.11. The molecule has 0 unspecified atom stereocenters. The number of rotatable bonds is 6. The van der Waals surface area contributed by atoms with Gasteiger partial charge in [-0.25, -0.2) is 0 Å². The molecule has 2 aromatic rings. The zero-order chi connectivity index (χ0) is 15.8. The van der Waals surface area contributed by atoms with E-state index < -0.39 is 0 Å². The third-order valence-corrected chi connectivity index (χ3v) is 3.32. The molecule has 0 aliphatic rings. The highest BCUT2D eigenvalue weighted by molar-refractivity contribution is 6.03. The van der Waals surface area contributed by atoms with Crippen molar-refractivity contribution in [2.75, 3.05) is 18.6 Å². The Morgan fingerprint density at radius 3 is 2.36 bits per heavy atom. The van der Waals surface area contributed by atoms with Crippen molar-refractivity contribution in [1.29, 1.82) is 0 Å². The number of carbonyl (C=O) groups excluding carboxylic acids is 1. The van der Waals surface area contributed by atoms with Crippen molar-refractivity contribution in [1.82, 2.24) is 0 Å². The lowest BCUT2D eigenvalue weighted by atomic mass is 10.2. The summed E-state index contributed by atoms with van der Waals surface area (Å²) in [5.41, 5.74) is 1.90. The molecule has 0 aromatic heterocycles. The van der Waals surface area contributed by atoms with E-state index in [1.165, 1.54) is 0 Å². The standard InChI is InChI=1S/C19H21NO2/c1-3-15-20(17-7-5-4-6-8-17)19(21)14-11-16-9-12-18(22-2)13-10-16/h4-14H,3,15H2,1-2H3. The van der Waals surface area contributed by atoms with E-state index in [1.54, 1.807) is 18.1 Å². The molecule has 3 heteroatoms. The van der Waals surface area contributed by atoms with Crippen LogP contribution in [0.4, 0.5) is 5.69 Å². The zero-order valence-corrected chi connectivity index (χ0v) is 13.0. The molecule has 0 fully saturated rings. The molecule has 0 saturated carbocycles. The SMILES string of the molecule is CCCN(C(=O)C=Cc1ccc(OC)cc1)c1ccccc1. The fraction of sp³-hybridized carbons (Fsp3) is 0.211. The summed E-state index contributed by atoms with van der Waals surface area (Å²) >= 11 is 0. The number of carbonyl (C=O) groups is 1. The zero-order valence-electron chi connectivity index (χ0n) is 13.0. The van der Waals surface area contributed by atoms with E-state index in [4.69, 9.17) is 4.74 Å². The molecule has 0 N–H and O–H groups in total. The van der Waals surface area contributed by atoms with Crippen molar-refractivity contribution in [3.05, 3.63) is 66.2 Å². The van der Waals surface area contributed by atoms with E-state index in [0.717, 1.165) is 23.4 Å². The largest absolute Gasteiger partial charge is 0.497 e. The van der Waals surface area contributed by atoms with Crippen molar-refractivity contribution >= 4 is 17.7 Å². The highest BCUT2D eigenvalue weighted by atomic mass is 16.5. The van der Waals surface area contributed by atoms with Crippen molar-refractivity contribution < 1.29 is 9.53 Å². The number of para-hydroxylation sites is 1. The number of hydrogen-bond acceptors (Lipinski definition) is 2. The van der Waals surface area contributed by atoms with Crippen molar-refractivity contribution in [2.45, 2.75) is 13.3 Å². The fourth-order valence-corrected chi connectivity index (χ4v) is 2.17. The van der Waals surface area contributed by atoms with Crippen LogP contribution >= 0.6 is 0 Å². The number of amides is 1. The minimum atomic E-state index is -0.0103. The third kappa shape index (κ3) is 4.22. The van der Waals surface area contributed by atoms with Gasteiger partial charge in [0, 0.05) is 18.3 Å². The van der Waals surface area contributed by atoms with Gasteiger partial charge in [-0.2, -0.15) is 0 Å². The van der Waals surface area contributed by atoms with E-state index >= 15 is 0 Å². The second kappa shape index (κ2) is 8.03. The Bertz CT molecular complexity index is 618. The molecular weight excluding hydrogens is 274 g/mol. The highest BCUT2D eigenvalue weighted by Gasteiger charge is 2.11. The van der Waals surface area contributed by atoms with E-state index in [0.29, 0.717) is 6.54 Å². The summed E-state index contributed by atoms with van der Waals surface area (Å²) < 4.78 is 5.12. The van der Waals surface area contributed by atoms with Crippen LogP contribution in [0.5, 0.6) is 5.75 Å². The molecule has 114 valence electrons. The van der Waals surface area contributed by atoms with E-state index in [2.05, 4.69) is 6.92 Å². The summed E-state index contributed by atoms with van der Waals surface area (Å²) in [4.78, 5) is 14.2. The van der Waals surface area contributed by atoms with Crippen LogP contribution in [0.25, 0.3) is 6.08 Å². The van der Waals surface area contributed by atoms with Crippen molar-refractivity contribution in [3.8, 4) is 5.75 Å². The molecule has 0 radical (unpaired) electrons. The van der Waals surface area contributed by atoms with E-state index in [-0.39, 0.29) is 5.91 Å². The van der Waals surface area contributed by atoms with E-state index in [1.807, 2.05) is 60.7 Å². The van der Waals surface area contributed by atoms with Crippen LogP contribution in [0.1, 0.15) is 18.9 Å². The summed E-state index contributed by atoms with van der Waals surface area (Å²) in [6, 6.07) is 17.4. The van der Waals surface area contributed by atoms with Crippen LogP contribution in [0.15, 0.2) is 60.7 Å². The number of ether oxygens (including phenoxy) is 1. The molecule has 22 heavy (non-hydrogen) atoms. The maximum atomic E-state index is 12.4. The lowest BCUT2D eigenvalue weighted by Gasteiger charge is -2.20. The molecule has 2 rings (SSSR count). The maximum absolute atomic E-state index is 12.4. The maximum Gasteiger partial charge on any atom is 0.250 e. The summed E-state index contributed by atoms with van der Waals surface area (Å²) in [6.07, 6.45) is 4.36. The Morgan fingerprint density at radius 1 is 1.09 bits per heavy atom. The predicted molar refractivity (Wildman–Crippen MR) is 91.1 cm³/mol. The van der Waals surface area contributed by atoms with Gasteiger partial charge in [-0.05, 0) is 42.3 Å². The predicted octanol–water partition coefficient (Wildman–Crippen LogP) is 4.15. The normalized spacial score (nSPS) is 10.6. The van der Waals surface area contributed by atoms with Gasteiger partial charge < -0.3 is 9.64 Å². The lowest BCUT2D eigenvalue weighted by Crippen LogP contribution is -2.29. The number of anilines is 1. The summed E-state index contributed by atoms with van der Waals surface area (Å²) in [7, 11) is 1.64. The first-order valence-electron chi connectivity index (χ1n) is 7.43. The molecule has 1 amide bonds. The van der Waals surface area contributed by atoms with Crippen LogP contribution in [-0.2, 0) is 4.79 Å². The molecule has 2 aromatic carbocycles. The Kier molecular flexibility index (Phi) is 5.78. The summed E-state index contributed by atoms with van der Waals surface area (Å²) in [5.74, 6) is 0.796. The third-order valence-electron chi connectivity index (χ3n) is 3.32. The minimum absolute atomic E-state index is 0.0103. The molecular formula is C19H21NO2. The first-order valence-corrected chi connectivity index (χ1v) is 7.43. The average Bonchev–Trinajstić information content (AvgIpc) is 2.58. The molecule has 0 aliphatic heterocycles. The molecule has 0 spiro atoms. The summed E-state index contributed by atoms with van der Waals surface area (Å²) in [5, 5.41) is 0. The molecule has 0 aliphatic carbocycles. The van der Waals surface area contributed by atoms with Gasteiger partial charge in [0.2, 0.25) is 0 Å². The monoisotopic (exact) mass is 295 g/mol.